The van der Waals surface area contributed by atoms with E-state index in [-0.39, 0.29) is 22.6 Å². The lowest BCUT2D eigenvalue weighted by atomic mass is 10.1. The number of nitro groups is 1. The van der Waals surface area contributed by atoms with Crippen molar-refractivity contribution in [3.05, 3.63) is 57.4 Å². The van der Waals surface area contributed by atoms with Crippen LogP contribution in [0.25, 0.3) is 0 Å². The first-order valence-electron chi connectivity index (χ1n) is 7.02. The zero-order chi connectivity index (χ0) is 19.6. The van der Waals surface area contributed by atoms with Crippen molar-refractivity contribution < 1.29 is 27.3 Å². The summed E-state index contributed by atoms with van der Waals surface area (Å²) in [5.74, 6) is -1.73. The van der Waals surface area contributed by atoms with E-state index in [1.54, 1.807) is 0 Å². The fourth-order valence-corrected chi connectivity index (χ4v) is 3.39. The number of hydrogen-bond donors (Lipinski definition) is 2. The number of anilines is 1. The smallest absolute Gasteiger partial charge is 0.293 e. The van der Waals surface area contributed by atoms with E-state index in [9.17, 15) is 27.7 Å². The van der Waals surface area contributed by atoms with Crippen molar-refractivity contribution in [2.24, 2.45) is 5.73 Å². The second-order valence-electron chi connectivity index (χ2n) is 5.19. The Balaban J connectivity index is 2.57. The number of benzene rings is 2. The third-order valence-electron chi connectivity index (χ3n) is 3.53. The number of sulfonamides is 1. The van der Waals surface area contributed by atoms with Gasteiger partial charge in [-0.3, -0.25) is 19.6 Å². The Morgan fingerprint density at radius 3 is 2.50 bits per heavy atom. The van der Waals surface area contributed by atoms with E-state index in [2.05, 4.69) is 4.72 Å². The second kappa shape index (κ2) is 6.96. The van der Waals surface area contributed by atoms with Gasteiger partial charge in [0.15, 0.2) is 4.90 Å². The summed E-state index contributed by atoms with van der Waals surface area (Å²) in [5.41, 5.74) is 3.75. The van der Waals surface area contributed by atoms with E-state index in [1.807, 2.05) is 0 Å². The second-order valence-corrected chi connectivity index (χ2v) is 6.84. The lowest BCUT2D eigenvalue weighted by Gasteiger charge is -2.13. The molecular formula is C15H14FN3O6S. The van der Waals surface area contributed by atoms with Gasteiger partial charge in [-0.25, -0.2) is 12.8 Å². The van der Waals surface area contributed by atoms with Crippen LogP contribution >= 0.6 is 0 Å². The third-order valence-corrected chi connectivity index (χ3v) is 4.94. The number of carbonyl (C=O) groups is 1. The SMILES string of the molecule is COc1ccc(S(=O)(=O)Nc2cc(C(N)=O)cc(F)c2C)c([N+](=O)[O-])c1. The van der Waals surface area contributed by atoms with Gasteiger partial charge in [0, 0.05) is 11.1 Å². The summed E-state index contributed by atoms with van der Waals surface area (Å²) in [4.78, 5) is 20.9. The number of hydrogen-bond acceptors (Lipinski definition) is 6. The minimum absolute atomic E-state index is 0.0913. The molecule has 1 amide bonds. The van der Waals surface area contributed by atoms with Crippen LogP contribution in [0.1, 0.15) is 15.9 Å². The first-order valence-corrected chi connectivity index (χ1v) is 8.50. The fourth-order valence-electron chi connectivity index (χ4n) is 2.12. The summed E-state index contributed by atoms with van der Waals surface area (Å²) in [6.07, 6.45) is 0. The molecule has 0 radical (unpaired) electrons. The van der Waals surface area contributed by atoms with E-state index >= 15 is 0 Å². The van der Waals surface area contributed by atoms with Crippen LogP contribution in [-0.4, -0.2) is 26.4 Å². The highest BCUT2D eigenvalue weighted by atomic mass is 32.2. The van der Waals surface area contributed by atoms with Crippen molar-refractivity contribution in [3.8, 4) is 5.75 Å². The van der Waals surface area contributed by atoms with E-state index in [0.29, 0.717) is 0 Å². The van der Waals surface area contributed by atoms with E-state index in [1.165, 1.54) is 20.1 Å². The molecule has 0 saturated heterocycles. The molecule has 0 aliphatic heterocycles. The molecule has 0 aliphatic carbocycles. The summed E-state index contributed by atoms with van der Waals surface area (Å²) in [6, 6.07) is 5.08. The van der Waals surface area contributed by atoms with Gasteiger partial charge in [0.05, 0.1) is 23.8 Å². The van der Waals surface area contributed by atoms with Crippen LogP contribution in [0.5, 0.6) is 5.75 Å². The molecule has 0 aliphatic rings. The highest BCUT2D eigenvalue weighted by Gasteiger charge is 2.27. The first kappa shape index (κ1) is 19.1. The average Bonchev–Trinajstić information content (AvgIpc) is 2.57. The van der Waals surface area contributed by atoms with Crippen LogP contribution in [-0.2, 0) is 10.0 Å². The maximum absolute atomic E-state index is 13.9. The van der Waals surface area contributed by atoms with Gasteiger partial charge in [-0.1, -0.05) is 0 Å². The summed E-state index contributed by atoms with van der Waals surface area (Å²) >= 11 is 0. The van der Waals surface area contributed by atoms with E-state index in [0.717, 1.165) is 24.3 Å². The number of carbonyl (C=O) groups excluding carboxylic acids is 1. The van der Waals surface area contributed by atoms with Crippen LogP contribution in [0.15, 0.2) is 35.2 Å². The number of methoxy groups -OCH3 is 1. The summed E-state index contributed by atoms with van der Waals surface area (Å²) in [5, 5.41) is 11.2. The van der Waals surface area contributed by atoms with Crippen LogP contribution in [0, 0.1) is 22.9 Å². The summed E-state index contributed by atoms with van der Waals surface area (Å²) in [6.45, 7) is 1.28. The largest absolute Gasteiger partial charge is 0.497 e. The maximum Gasteiger partial charge on any atom is 0.293 e. The van der Waals surface area contributed by atoms with Gasteiger partial charge in [0.25, 0.3) is 15.7 Å². The molecule has 138 valence electrons. The van der Waals surface area contributed by atoms with Gasteiger partial charge < -0.3 is 10.5 Å². The standard InChI is InChI=1S/C15H14FN3O6S/c1-8-11(16)5-9(15(17)20)6-12(8)18-26(23,24)14-4-3-10(25-2)7-13(14)19(21)22/h3-7,18H,1-2H3,(H2,17,20). The zero-order valence-electron chi connectivity index (χ0n) is 13.6. The summed E-state index contributed by atoms with van der Waals surface area (Å²) in [7, 11) is -3.19. The van der Waals surface area contributed by atoms with E-state index < -0.39 is 37.3 Å². The molecule has 0 heterocycles. The molecule has 2 rings (SSSR count). The minimum Gasteiger partial charge on any atom is -0.497 e. The van der Waals surface area contributed by atoms with Crippen LogP contribution in [0.4, 0.5) is 15.8 Å². The molecule has 11 heteroatoms. The highest BCUT2D eigenvalue weighted by Crippen LogP contribution is 2.31. The molecule has 0 saturated carbocycles. The van der Waals surface area contributed by atoms with Gasteiger partial charge in [-0.2, -0.15) is 0 Å². The average molecular weight is 383 g/mol. The number of nitrogens with one attached hydrogen (secondary N) is 1. The number of primary amides is 1. The van der Waals surface area contributed by atoms with Crippen molar-refractivity contribution in [2.75, 3.05) is 11.8 Å². The topological polar surface area (TPSA) is 142 Å². The first-order chi connectivity index (χ1) is 12.1. The van der Waals surface area contributed by atoms with Gasteiger partial charge in [-0.05, 0) is 31.2 Å². The van der Waals surface area contributed by atoms with Crippen LogP contribution < -0.4 is 15.2 Å². The van der Waals surface area contributed by atoms with Gasteiger partial charge in [0.1, 0.15) is 11.6 Å². The minimum atomic E-state index is -4.46. The molecule has 0 fully saturated rings. The third kappa shape index (κ3) is 3.72. The Kier molecular flexibility index (Phi) is 5.12. The Labute approximate surface area is 147 Å². The zero-order valence-corrected chi connectivity index (χ0v) is 14.5. The lowest BCUT2D eigenvalue weighted by molar-refractivity contribution is -0.387. The number of rotatable bonds is 6. The fraction of sp³-hybridized carbons (Fsp3) is 0.133. The Hall–Kier alpha value is -3.21. The Bertz CT molecular complexity index is 1010. The molecule has 0 spiro atoms. The molecule has 0 atom stereocenters. The molecule has 9 nitrogen and oxygen atoms in total. The number of ether oxygens (including phenoxy) is 1. The molecule has 3 N–H and O–H groups in total. The van der Waals surface area contributed by atoms with Gasteiger partial charge in [-0.15, -0.1) is 0 Å². The molecule has 0 unspecified atom stereocenters. The summed E-state index contributed by atoms with van der Waals surface area (Å²) < 4.78 is 46.0. The van der Waals surface area contributed by atoms with Gasteiger partial charge in [0.2, 0.25) is 5.91 Å². The predicted octanol–water partition coefficient (Wildman–Crippen LogP) is 1.95. The van der Waals surface area contributed by atoms with E-state index in [4.69, 9.17) is 10.5 Å². The van der Waals surface area contributed by atoms with Crippen LogP contribution in [0.3, 0.4) is 0 Å². The van der Waals surface area contributed by atoms with Crippen molar-refractivity contribution in [1.29, 1.82) is 0 Å². The lowest BCUT2D eigenvalue weighted by Crippen LogP contribution is -2.18. The number of amides is 1. The normalized spacial score (nSPS) is 11.0. The molecule has 0 aromatic heterocycles. The molecule has 2 aromatic rings. The van der Waals surface area contributed by atoms with Crippen molar-refractivity contribution in [1.82, 2.24) is 0 Å². The highest BCUT2D eigenvalue weighted by molar-refractivity contribution is 7.92. The number of nitro benzene ring substituents is 1. The molecular weight excluding hydrogens is 369 g/mol. The Morgan fingerprint density at radius 2 is 1.96 bits per heavy atom. The predicted molar refractivity (Wildman–Crippen MR) is 90.1 cm³/mol. The van der Waals surface area contributed by atoms with Gasteiger partial charge >= 0.3 is 0 Å². The number of halogens is 1. The monoisotopic (exact) mass is 383 g/mol. The van der Waals surface area contributed by atoms with Crippen LogP contribution in [0.2, 0.25) is 0 Å². The van der Waals surface area contributed by atoms with Crippen molar-refractivity contribution in [3.63, 3.8) is 0 Å². The number of nitrogens with two attached hydrogens (primary N) is 1. The van der Waals surface area contributed by atoms with Crippen molar-refractivity contribution >= 4 is 27.3 Å². The maximum atomic E-state index is 13.9. The Morgan fingerprint density at radius 1 is 1.31 bits per heavy atom. The number of nitrogens with zero attached hydrogens (tertiary/aromatic N) is 1. The molecule has 26 heavy (non-hydrogen) atoms. The molecule has 2 aromatic carbocycles. The molecule has 0 bridgehead atoms. The quantitative estimate of drug-likeness (QED) is 0.577. The van der Waals surface area contributed by atoms with Crippen molar-refractivity contribution in [2.45, 2.75) is 11.8 Å².